The van der Waals surface area contributed by atoms with Crippen LogP contribution >= 0.6 is 0 Å². The maximum absolute atomic E-state index is 12.6. The SMILES string of the molecule is CCC(C)NC(=O)c1oc2c(c1C)/C(=N/NC(=O)c1ccc3ccccc3n1)CCC2. The first-order valence-electron chi connectivity index (χ1n) is 10.6. The molecule has 160 valence electrons. The zero-order valence-corrected chi connectivity index (χ0v) is 18.0. The number of fused-ring (bicyclic) bond motifs is 2. The van der Waals surface area contributed by atoms with Crippen molar-refractivity contribution in [3.8, 4) is 0 Å². The molecule has 2 aromatic heterocycles. The lowest BCUT2D eigenvalue weighted by molar-refractivity contribution is 0.0907. The summed E-state index contributed by atoms with van der Waals surface area (Å²) in [5, 5.41) is 8.30. The van der Waals surface area contributed by atoms with E-state index in [0.29, 0.717) is 17.9 Å². The number of hydrogen-bond acceptors (Lipinski definition) is 5. The Morgan fingerprint density at radius 2 is 1.97 bits per heavy atom. The second kappa shape index (κ2) is 8.71. The smallest absolute Gasteiger partial charge is 0.289 e. The Balaban J connectivity index is 1.57. The third-order valence-electron chi connectivity index (χ3n) is 5.65. The number of para-hydroxylation sites is 1. The Bertz CT molecular complexity index is 1180. The third kappa shape index (κ3) is 4.21. The van der Waals surface area contributed by atoms with E-state index in [1.807, 2.05) is 51.1 Å². The highest BCUT2D eigenvalue weighted by atomic mass is 16.4. The molecule has 4 rings (SSSR count). The van der Waals surface area contributed by atoms with Gasteiger partial charge in [0, 0.05) is 29.0 Å². The Morgan fingerprint density at radius 1 is 1.16 bits per heavy atom. The third-order valence-corrected chi connectivity index (χ3v) is 5.65. The molecule has 1 aromatic carbocycles. The van der Waals surface area contributed by atoms with Gasteiger partial charge in [-0.15, -0.1) is 0 Å². The number of pyridine rings is 1. The second-order valence-electron chi connectivity index (χ2n) is 7.88. The predicted octanol–water partition coefficient (Wildman–Crippen LogP) is 4.13. The highest BCUT2D eigenvalue weighted by Crippen LogP contribution is 2.30. The van der Waals surface area contributed by atoms with E-state index in [9.17, 15) is 9.59 Å². The zero-order valence-electron chi connectivity index (χ0n) is 18.0. The van der Waals surface area contributed by atoms with E-state index in [-0.39, 0.29) is 17.9 Å². The summed E-state index contributed by atoms with van der Waals surface area (Å²) in [6.07, 6.45) is 3.12. The van der Waals surface area contributed by atoms with Crippen LogP contribution in [0.1, 0.15) is 71.0 Å². The van der Waals surface area contributed by atoms with Gasteiger partial charge in [0.1, 0.15) is 11.5 Å². The molecule has 1 unspecified atom stereocenters. The Labute approximate surface area is 180 Å². The van der Waals surface area contributed by atoms with Gasteiger partial charge in [-0.1, -0.05) is 31.2 Å². The molecule has 31 heavy (non-hydrogen) atoms. The number of furan rings is 1. The van der Waals surface area contributed by atoms with E-state index < -0.39 is 0 Å². The number of hydrogen-bond donors (Lipinski definition) is 2. The van der Waals surface area contributed by atoms with Crippen LogP contribution in [-0.2, 0) is 6.42 Å². The predicted molar refractivity (Wildman–Crippen MR) is 119 cm³/mol. The molecule has 0 saturated heterocycles. The van der Waals surface area contributed by atoms with E-state index in [4.69, 9.17) is 4.42 Å². The number of aromatic nitrogens is 1. The first-order valence-corrected chi connectivity index (χ1v) is 10.6. The summed E-state index contributed by atoms with van der Waals surface area (Å²) in [7, 11) is 0. The Hall–Kier alpha value is -3.48. The number of rotatable bonds is 5. The van der Waals surface area contributed by atoms with Crippen LogP contribution in [-0.4, -0.2) is 28.6 Å². The van der Waals surface area contributed by atoms with Gasteiger partial charge >= 0.3 is 0 Å². The van der Waals surface area contributed by atoms with Crippen molar-refractivity contribution in [2.24, 2.45) is 5.10 Å². The topological polar surface area (TPSA) is 96.6 Å². The summed E-state index contributed by atoms with van der Waals surface area (Å²) in [5.41, 5.74) is 5.99. The molecule has 2 amide bonds. The summed E-state index contributed by atoms with van der Waals surface area (Å²) in [6.45, 7) is 5.84. The van der Waals surface area contributed by atoms with Crippen LogP contribution in [0.4, 0.5) is 0 Å². The molecule has 0 bridgehead atoms. The molecule has 2 N–H and O–H groups in total. The first-order chi connectivity index (χ1) is 15.0. The Morgan fingerprint density at radius 3 is 2.77 bits per heavy atom. The van der Waals surface area contributed by atoms with Crippen molar-refractivity contribution in [2.45, 2.75) is 52.5 Å². The van der Waals surface area contributed by atoms with Gasteiger partial charge < -0.3 is 9.73 Å². The van der Waals surface area contributed by atoms with Gasteiger partial charge in [0.2, 0.25) is 0 Å². The van der Waals surface area contributed by atoms with Gasteiger partial charge in [-0.05, 0) is 45.2 Å². The van der Waals surface area contributed by atoms with E-state index in [0.717, 1.165) is 52.8 Å². The van der Waals surface area contributed by atoms with Crippen LogP contribution in [0.3, 0.4) is 0 Å². The largest absolute Gasteiger partial charge is 0.455 e. The number of nitrogens with one attached hydrogen (secondary N) is 2. The van der Waals surface area contributed by atoms with Crippen molar-refractivity contribution >= 4 is 28.4 Å². The lowest BCUT2D eigenvalue weighted by Crippen LogP contribution is -2.32. The minimum Gasteiger partial charge on any atom is -0.455 e. The molecule has 0 aliphatic heterocycles. The monoisotopic (exact) mass is 418 g/mol. The average Bonchev–Trinajstić information content (AvgIpc) is 3.14. The van der Waals surface area contributed by atoms with Gasteiger partial charge in [0.25, 0.3) is 11.8 Å². The molecule has 1 aliphatic carbocycles. The first kappa shape index (κ1) is 20.8. The summed E-state index contributed by atoms with van der Waals surface area (Å²) in [5.74, 6) is 0.476. The summed E-state index contributed by atoms with van der Waals surface area (Å²) in [6, 6.07) is 11.3. The summed E-state index contributed by atoms with van der Waals surface area (Å²) in [4.78, 5) is 29.6. The van der Waals surface area contributed by atoms with Crippen molar-refractivity contribution in [2.75, 3.05) is 0 Å². The van der Waals surface area contributed by atoms with Crippen molar-refractivity contribution in [1.82, 2.24) is 15.7 Å². The number of amides is 2. The van der Waals surface area contributed by atoms with Crippen LogP contribution in [0.2, 0.25) is 0 Å². The average molecular weight is 418 g/mol. The zero-order chi connectivity index (χ0) is 22.0. The highest BCUT2D eigenvalue weighted by molar-refractivity contribution is 6.07. The molecule has 0 saturated carbocycles. The number of carbonyl (C=O) groups is 2. The lowest BCUT2D eigenvalue weighted by atomic mass is 9.93. The van der Waals surface area contributed by atoms with Crippen LogP contribution in [0, 0.1) is 6.92 Å². The van der Waals surface area contributed by atoms with Gasteiger partial charge in [0.05, 0.1) is 11.2 Å². The van der Waals surface area contributed by atoms with Crippen molar-refractivity contribution in [3.05, 3.63) is 64.7 Å². The normalized spacial score (nSPS) is 15.5. The number of hydrazone groups is 1. The molecule has 3 aromatic rings. The van der Waals surface area contributed by atoms with Crippen LogP contribution in [0.25, 0.3) is 10.9 Å². The molecule has 0 radical (unpaired) electrons. The van der Waals surface area contributed by atoms with Crippen LogP contribution in [0.15, 0.2) is 45.9 Å². The maximum atomic E-state index is 12.6. The molecule has 0 fully saturated rings. The quantitative estimate of drug-likeness (QED) is 0.609. The van der Waals surface area contributed by atoms with Crippen molar-refractivity contribution in [1.29, 1.82) is 0 Å². The molecule has 1 atom stereocenters. The number of benzene rings is 1. The molecule has 2 heterocycles. The van der Waals surface area contributed by atoms with Crippen molar-refractivity contribution in [3.63, 3.8) is 0 Å². The van der Waals surface area contributed by atoms with E-state index in [1.165, 1.54) is 0 Å². The van der Waals surface area contributed by atoms with Gasteiger partial charge in [-0.3, -0.25) is 9.59 Å². The fourth-order valence-electron chi connectivity index (χ4n) is 3.76. The molecular formula is C24H26N4O3. The number of nitrogens with zero attached hydrogens (tertiary/aromatic N) is 2. The molecule has 0 spiro atoms. The molecule has 1 aliphatic rings. The summed E-state index contributed by atoms with van der Waals surface area (Å²) >= 11 is 0. The van der Waals surface area contributed by atoms with Crippen LogP contribution < -0.4 is 10.7 Å². The summed E-state index contributed by atoms with van der Waals surface area (Å²) < 4.78 is 5.90. The number of carbonyl (C=O) groups excluding carboxylic acids is 2. The van der Waals surface area contributed by atoms with Gasteiger partial charge in [-0.2, -0.15) is 5.10 Å². The fraction of sp³-hybridized carbons (Fsp3) is 0.333. The Kier molecular flexibility index (Phi) is 5.84. The molecule has 7 heteroatoms. The second-order valence-corrected chi connectivity index (χ2v) is 7.88. The molecular weight excluding hydrogens is 392 g/mol. The van der Waals surface area contributed by atoms with Crippen molar-refractivity contribution < 1.29 is 14.0 Å². The minimum absolute atomic E-state index is 0.0657. The standard InChI is InChI=1S/C24H26N4O3/c1-4-14(2)25-24(30)22-15(3)21-18(10-7-11-20(21)31-22)27-28-23(29)19-13-12-16-8-5-6-9-17(16)26-19/h5-6,8-9,12-14H,4,7,10-11H2,1-3H3,(H,25,30)(H,28,29)/b27-18+. The van der Waals surface area contributed by atoms with E-state index in [2.05, 4.69) is 20.8 Å². The van der Waals surface area contributed by atoms with Gasteiger partial charge in [-0.25, -0.2) is 10.4 Å². The number of aryl methyl sites for hydroxylation is 1. The van der Waals surface area contributed by atoms with E-state index >= 15 is 0 Å². The van der Waals surface area contributed by atoms with E-state index in [1.54, 1.807) is 6.07 Å². The minimum atomic E-state index is -0.374. The van der Waals surface area contributed by atoms with Crippen LogP contribution in [0.5, 0.6) is 0 Å². The fourth-order valence-corrected chi connectivity index (χ4v) is 3.76. The van der Waals surface area contributed by atoms with Gasteiger partial charge in [0.15, 0.2) is 5.76 Å². The lowest BCUT2D eigenvalue weighted by Gasteiger charge is -2.13. The maximum Gasteiger partial charge on any atom is 0.289 e. The highest BCUT2D eigenvalue weighted by Gasteiger charge is 2.28. The molecule has 7 nitrogen and oxygen atoms in total.